The maximum Gasteiger partial charge on any atom is 0.234 e. The molecule has 1 aromatic heterocycles. The van der Waals surface area contributed by atoms with Crippen LogP contribution >= 0.6 is 11.3 Å². The molecular formula is C10H15N3OS. The third-order valence-corrected chi connectivity index (χ3v) is 2.53. The van der Waals surface area contributed by atoms with Crippen molar-refractivity contribution in [3.05, 3.63) is 28.7 Å². The molecule has 1 aromatic rings. The highest BCUT2D eigenvalue weighted by atomic mass is 32.1. The molecule has 1 rings (SSSR count). The van der Waals surface area contributed by atoms with Crippen LogP contribution < -0.4 is 10.6 Å². The number of thiazole rings is 1. The van der Waals surface area contributed by atoms with Crippen molar-refractivity contribution in [3.63, 3.8) is 0 Å². The van der Waals surface area contributed by atoms with Gasteiger partial charge in [-0.1, -0.05) is 6.08 Å². The fourth-order valence-corrected chi connectivity index (χ4v) is 1.64. The van der Waals surface area contributed by atoms with Crippen molar-refractivity contribution in [2.24, 2.45) is 0 Å². The third kappa shape index (κ3) is 4.71. The minimum absolute atomic E-state index is 0.0255. The van der Waals surface area contributed by atoms with Crippen LogP contribution in [0.1, 0.15) is 10.7 Å². The van der Waals surface area contributed by atoms with E-state index in [-0.39, 0.29) is 5.91 Å². The first-order valence-corrected chi connectivity index (χ1v) is 5.59. The molecule has 0 aromatic carbocycles. The highest BCUT2D eigenvalue weighted by Gasteiger charge is 2.01. The average Bonchev–Trinajstić information content (AvgIpc) is 2.62. The van der Waals surface area contributed by atoms with Gasteiger partial charge in [-0.2, -0.15) is 0 Å². The van der Waals surface area contributed by atoms with Crippen molar-refractivity contribution in [2.75, 3.05) is 13.1 Å². The Bertz CT molecular complexity index is 335. The molecular weight excluding hydrogens is 210 g/mol. The molecule has 4 nitrogen and oxygen atoms in total. The van der Waals surface area contributed by atoms with Crippen molar-refractivity contribution in [2.45, 2.75) is 13.5 Å². The summed E-state index contributed by atoms with van der Waals surface area (Å²) in [6.45, 7) is 6.95. The van der Waals surface area contributed by atoms with E-state index in [2.05, 4.69) is 22.2 Å². The lowest BCUT2D eigenvalue weighted by molar-refractivity contribution is -0.120. The minimum atomic E-state index is -0.0255. The summed E-state index contributed by atoms with van der Waals surface area (Å²) >= 11 is 1.59. The molecule has 1 amide bonds. The van der Waals surface area contributed by atoms with Crippen LogP contribution in [0.15, 0.2) is 18.0 Å². The van der Waals surface area contributed by atoms with Crippen LogP contribution in [0, 0.1) is 6.92 Å². The van der Waals surface area contributed by atoms with Crippen LogP contribution in [-0.4, -0.2) is 24.0 Å². The number of rotatable bonds is 6. The maximum absolute atomic E-state index is 11.3. The van der Waals surface area contributed by atoms with E-state index in [0.717, 1.165) is 10.7 Å². The van der Waals surface area contributed by atoms with Crippen LogP contribution in [0.3, 0.4) is 0 Å². The van der Waals surface area contributed by atoms with E-state index in [9.17, 15) is 4.79 Å². The van der Waals surface area contributed by atoms with Gasteiger partial charge < -0.3 is 10.6 Å². The first kappa shape index (κ1) is 11.9. The molecule has 0 aliphatic rings. The van der Waals surface area contributed by atoms with Gasteiger partial charge in [-0.15, -0.1) is 17.9 Å². The van der Waals surface area contributed by atoms with Crippen LogP contribution in [0.4, 0.5) is 0 Å². The average molecular weight is 225 g/mol. The Morgan fingerprint density at radius 1 is 1.73 bits per heavy atom. The molecule has 15 heavy (non-hydrogen) atoms. The maximum atomic E-state index is 11.3. The second-order valence-electron chi connectivity index (χ2n) is 3.05. The lowest BCUT2D eigenvalue weighted by atomic mass is 10.4. The summed E-state index contributed by atoms with van der Waals surface area (Å²) in [5.74, 6) is -0.0255. The molecule has 0 unspecified atom stereocenters. The van der Waals surface area contributed by atoms with Gasteiger partial charge in [-0.3, -0.25) is 4.79 Å². The number of hydrogen-bond donors (Lipinski definition) is 2. The van der Waals surface area contributed by atoms with Gasteiger partial charge in [0.05, 0.1) is 23.8 Å². The molecule has 0 atom stereocenters. The summed E-state index contributed by atoms with van der Waals surface area (Å²) in [5, 5.41) is 8.68. The lowest BCUT2D eigenvalue weighted by Gasteiger charge is -2.03. The van der Waals surface area contributed by atoms with Gasteiger partial charge in [0.2, 0.25) is 5.91 Å². The van der Waals surface area contributed by atoms with Gasteiger partial charge in [0.15, 0.2) is 0 Å². The Kier molecular flexibility index (Phi) is 5.00. The normalized spacial score (nSPS) is 9.93. The summed E-state index contributed by atoms with van der Waals surface area (Å²) in [5.41, 5.74) is 0.912. The predicted octanol–water partition coefficient (Wildman–Crippen LogP) is 0.843. The Labute approximate surface area is 93.4 Å². The van der Waals surface area contributed by atoms with E-state index in [1.807, 2.05) is 12.3 Å². The van der Waals surface area contributed by atoms with E-state index < -0.39 is 0 Å². The quantitative estimate of drug-likeness (QED) is 0.557. The van der Waals surface area contributed by atoms with Gasteiger partial charge in [-0.05, 0) is 6.92 Å². The van der Waals surface area contributed by atoms with Crippen molar-refractivity contribution >= 4 is 17.2 Å². The van der Waals surface area contributed by atoms with E-state index in [4.69, 9.17) is 0 Å². The van der Waals surface area contributed by atoms with E-state index in [1.54, 1.807) is 17.4 Å². The number of nitrogens with one attached hydrogen (secondary N) is 2. The smallest absolute Gasteiger partial charge is 0.234 e. The fraction of sp³-hybridized carbons (Fsp3) is 0.400. The Morgan fingerprint density at radius 2 is 2.53 bits per heavy atom. The van der Waals surface area contributed by atoms with E-state index in [0.29, 0.717) is 19.6 Å². The van der Waals surface area contributed by atoms with Crippen LogP contribution in [-0.2, 0) is 11.3 Å². The predicted molar refractivity (Wildman–Crippen MR) is 61.8 cm³/mol. The standard InChI is InChI=1S/C10H15N3OS/c1-3-4-11-6-10(14)12-5-9-7-15-8(2)13-9/h3,7,11H,1,4-6H2,2H3,(H,12,14). The molecule has 1 heterocycles. The molecule has 2 N–H and O–H groups in total. The second kappa shape index (κ2) is 6.31. The third-order valence-electron chi connectivity index (χ3n) is 1.71. The van der Waals surface area contributed by atoms with Crippen LogP contribution in [0.2, 0.25) is 0 Å². The van der Waals surface area contributed by atoms with Crippen molar-refractivity contribution in [3.8, 4) is 0 Å². The second-order valence-corrected chi connectivity index (χ2v) is 4.12. The van der Waals surface area contributed by atoms with Crippen LogP contribution in [0.25, 0.3) is 0 Å². The molecule has 0 aliphatic heterocycles. The van der Waals surface area contributed by atoms with Gasteiger partial charge >= 0.3 is 0 Å². The molecule has 0 bridgehead atoms. The topological polar surface area (TPSA) is 54.0 Å². The highest BCUT2D eigenvalue weighted by Crippen LogP contribution is 2.06. The number of nitrogens with zero attached hydrogens (tertiary/aromatic N) is 1. The largest absolute Gasteiger partial charge is 0.349 e. The summed E-state index contributed by atoms with van der Waals surface area (Å²) in [6.07, 6.45) is 1.72. The number of carbonyl (C=O) groups excluding carboxylic acids is 1. The first-order chi connectivity index (χ1) is 7.22. The summed E-state index contributed by atoms with van der Waals surface area (Å²) in [4.78, 5) is 15.5. The highest BCUT2D eigenvalue weighted by molar-refractivity contribution is 7.09. The molecule has 0 radical (unpaired) electrons. The monoisotopic (exact) mass is 225 g/mol. The number of carbonyl (C=O) groups is 1. The molecule has 0 saturated heterocycles. The zero-order valence-corrected chi connectivity index (χ0v) is 9.56. The van der Waals surface area contributed by atoms with Crippen molar-refractivity contribution in [1.82, 2.24) is 15.6 Å². The van der Waals surface area contributed by atoms with Gasteiger partial charge in [0, 0.05) is 11.9 Å². The zero-order chi connectivity index (χ0) is 11.1. The molecule has 82 valence electrons. The van der Waals surface area contributed by atoms with Crippen LogP contribution in [0.5, 0.6) is 0 Å². The first-order valence-electron chi connectivity index (χ1n) is 4.71. The Balaban J connectivity index is 2.19. The molecule has 0 saturated carbocycles. The number of aromatic nitrogens is 1. The lowest BCUT2D eigenvalue weighted by Crippen LogP contribution is -2.33. The Hall–Kier alpha value is -1.20. The summed E-state index contributed by atoms with van der Waals surface area (Å²) in [7, 11) is 0. The van der Waals surface area contributed by atoms with Crippen molar-refractivity contribution < 1.29 is 4.79 Å². The fourth-order valence-electron chi connectivity index (χ4n) is 1.03. The molecule has 0 spiro atoms. The SMILES string of the molecule is C=CCNCC(=O)NCc1csc(C)n1. The number of aryl methyl sites for hydroxylation is 1. The number of amides is 1. The molecule has 0 fully saturated rings. The Morgan fingerprint density at radius 3 is 3.13 bits per heavy atom. The molecule has 5 heteroatoms. The van der Waals surface area contributed by atoms with Crippen molar-refractivity contribution in [1.29, 1.82) is 0 Å². The van der Waals surface area contributed by atoms with Gasteiger partial charge in [0.25, 0.3) is 0 Å². The number of hydrogen-bond acceptors (Lipinski definition) is 4. The van der Waals surface area contributed by atoms with Gasteiger partial charge in [0.1, 0.15) is 0 Å². The van der Waals surface area contributed by atoms with E-state index >= 15 is 0 Å². The minimum Gasteiger partial charge on any atom is -0.349 e. The van der Waals surface area contributed by atoms with E-state index in [1.165, 1.54) is 0 Å². The van der Waals surface area contributed by atoms with Gasteiger partial charge in [-0.25, -0.2) is 4.98 Å². The summed E-state index contributed by atoms with van der Waals surface area (Å²) < 4.78 is 0. The molecule has 0 aliphatic carbocycles. The summed E-state index contributed by atoms with van der Waals surface area (Å²) in [6, 6.07) is 0. The zero-order valence-electron chi connectivity index (χ0n) is 8.75.